The first kappa shape index (κ1) is 15.5. The van der Waals surface area contributed by atoms with E-state index in [2.05, 4.69) is 5.32 Å². The molecule has 1 aromatic carbocycles. The molecule has 1 aliphatic heterocycles. The summed E-state index contributed by atoms with van der Waals surface area (Å²) in [5.41, 5.74) is 8.43. The predicted molar refractivity (Wildman–Crippen MR) is 83.0 cm³/mol. The zero-order valence-corrected chi connectivity index (χ0v) is 12.7. The average Bonchev–Trinajstić information content (AvgIpc) is 2.42. The summed E-state index contributed by atoms with van der Waals surface area (Å²) in [5.74, 6) is -0.441. The number of benzene rings is 1. The predicted octanol–water partition coefficient (Wildman–Crippen LogP) is 1.58. The Morgan fingerprint density at radius 2 is 2.10 bits per heavy atom. The maximum Gasteiger partial charge on any atom is 0.238 e. The standard InChI is InChI=1S/C16H23N3O2/c1-11-6-7-13(12(2)9-11)18-15(20)10-19-8-4-3-5-14(19)16(17)21/h6-7,9,14H,3-5,8,10H2,1-2H3,(H2,17,21)(H,18,20)/t14-/m0/s1. The monoisotopic (exact) mass is 289 g/mol. The van der Waals surface area contributed by atoms with Crippen molar-refractivity contribution in [2.45, 2.75) is 39.2 Å². The highest BCUT2D eigenvalue weighted by atomic mass is 16.2. The number of carbonyl (C=O) groups is 2. The molecule has 114 valence electrons. The van der Waals surface area contributed by atoms with Gasteiger partial charge in [0, 0.05) is 5.69 Å². The fraction of sp³-hybridized carbons (Fsp3) is 0.500. The summed E-state index contributed by atoms with van der Waals surface area (Å²) in [4.78, 5) is 25.5. The van der Waals surface area contributed by atoms with E-state index in [1.807, 2.05) is 36.9 Å². The lowest BCUT2D eigenvalue weighted by molar-refractivity contribution is -0.126. The van der Waals surface area contributed by atoms with Crippen LogP contribution in [0.4, 0.5) is 5.69 Å². The van der Waals surface area contributed by atoms with Crippen LogP contribution in [-0.2, 0) is 9.59 Å². The number of amides is 2. The average molecular weight is 289 g/mol. The maximum atomic E-state index is 12.2. The Balaban J connectivity index is 1.98. The zero-order valence-electron chi connectivity index (χ0n) is 12.7. The van der Waals surface area contributed by atoms with Crippen molar-refractivity contribution in [2.75, 3.05) is 18.4 Å². The SMILES string of the molecule is Cc1ccc(NC(=O)CN2CCCC[C@H]2C(N)=O)c(C)c1. The molecule has 0 radical (unpaired) electrons. The summed E-state index contributed by atoms with van der Waals surface area (Å²) in [6, 6.07) is 5.59. The molecule has 0 aliphatic carbocycles. The molecule has 1 aliphatic rings. The summed E-state index contributed by atoms with van der Waals surface area (Å²) >= 11 is 0. The first-order valence-corrected chi connectivity index (χ1v) is 7.38. The van der Waals surface area contributed by atoms with Crippen LogP contribution in [0, 0.1) is 13.8 Å². The van der Waals surface area contributed by atoms with Gasteiger partial charge in [0.1, 0.15) is 0 Å². The molecule has 21 heavy (non-hydrogen) atoms. The van der Waals surface area contributed by atoms with Crippen molar-refractivity contribution in [1.82, 2.24) is 4.90 Å². The van der Waals surface area contributed by atoms with Gasteiger partial charge in [0.25, 0.3) is 0 Å². The van der Waals surface area contributed by atoms with E-state index < -0.39 is 0 Å². The number of nitrogens with one attached hydrogen (secondary N) is 1. The van der Waals surface area contributed by atoms with Crippen LogP contribution >= 0.6 is 0 Å². The van der Waals surface area contributed by atoms with Gasteiger partial charge in [-0.25, -0.2) is 0 Å². The van der Waals surface area contributed by atoms with Crippen LogP contribution in [0.25, 0.3) is 0 Å². The normalized spacial score (nSPS) is 19.2. The Kier molecular flexibility index (Phi) is 4.96. The van der Waals surface area contributed by atoms with Crippen LogP contribution in [0.2, 0.25) is 0 Å². The Bertz CT molecular complexity index is 542. The van der Waals surface area contributed by atoms with Crippen LogP contribution in [0.1, 0.15) is 30.4 Å². The number of primary amides is 1. The third kappa shape index (κ3) is 4.04. The second-order valence-electron chi connectivity index (χ2n) is 5.75. The molecule has 5 nitrogen and oxygen atoms in total. The highest BCUT2D eigenvalue weighted by molar-refractivity contribution is 5.93. The number of carbonyl (C=O) groups excluding carboxylic acids is 2. The Labute approximate surface area is 125 Å². The van der Waals surface area contributed by atoms with Crippen LogP contribution in [0.15, 0.2) is 18.2 Å². The fourth-order valence-electron chi connectivity index (χ4n) is 2.83. The van der Waals surface area contributed by atoms with Crippen molar-refractivity contribution in [3.8, 4) is 0 Å². The number of rotatable bonds is 4. The molecule has 1 atom stereocenters. The molecule has 5 heteroatoms. The number of likely N-dealkylation sites (tertiary alicyclic amines) is 1. The van der Waals surface area contributed by atoms with Crippen LogP contribution in [0.3, 0.4) is 0 Å². The van der Waals surface area contributed by atoms with Gasteiger partial charge in [0.15, 0.2) is 0 Å². The number of anilines is 1. The van der Waals surface area contributed by atoms with Crippen LogP contribution < -0.4 is 11.1 Å². The van der Waals surface area contributed by atoms with Gasteiger partial charge in [-0.15, -0.1) is 0 Å². The summed E-state index contributed by atoms with van der Waals surface area (Å²) in [6.45, 7) is 4.94. The Morgan fingerprint density at radius 1 is 1.33 bits per heavy atom. The lowest BCUT2D eigenvalue weighted by atomic mass is 10.0. The summed E-state index contributed by atoms with van der Waals surface area (Å²) in [6.07, 6.45) is 2.73. The van der Waals surface area contributed by atoms with Gasteiger partial charge < -0.3 is 11.1 Å². The molecule has 2 amide bonds. The molecule has 1 fully saturated rings. The topological polar surface area (TPSA) is 75.4 Å². The minimum absolute atomic E-state index is 0.102. The summed E-state index contributed by atoms with van der Waals surface area (Å²) in [7, 11) is 0. The van der Waals surface area contributed by atoms with E-state index in [1.165, 1.54) is 0 Å². The largest absolute Gasteiger partial charge is 0.368 e. The van der Waals surface area contributed by atoms with Crippen molar-refractivity contribution in [2.24, 2.45) is 5.73 Å². The van der Waals surface area contributed by atoms with Crippen molar-refractivity contribution in [3.63, 3.8) is 0 Å². The lowest BCUT2D eigenvalue weighted by Crippen LogP contribution is -2.50. The van der Waals surface area contributed by atoms with Crippen molar-refractivity contribution in [1.29, 1.82) is 0 Å². The lowest BCUT2D eigenvalue weighted by Gasteiger charge is -2.32. The van der Waals surface area contributed by atoms with E-state index in [4.69, 9.17) is 5.73 Å². The number of piperidine rings is 1. The van der Waals surface area contributed by atoms with Crippen molar-refractivity contribution < 1.29 is 9.59 Å². The van der Waals surface area contributed by atoms with E-state index in [0.29, 0.717) is 0 Å². The summed E-state index contributed by atoms with van der Waals surface area (Å²) < 4.78 is 0. The minimum Gasteiger partial charge on any atom is -0.368 e. The fourth-order valence-corrected chi connectivity index (χ4v) is 2.83. The van der Waals surface area contributed by atoms with Gasteiger partial charge in [-0.2, -0.15) is 0 Å². The van der Waals surface area contributed by atoms with Gasteiger partial charge in [-0.1, -0.05) is 24.1 Å². The van der Waals surface area contributed by atoms with Crippen LogP contribution in [0.5, 0.6) is 0 Å². The molecule has 1 saturated heterocycles. The van der Waals surface area contributed by atoms with E-state index in [-0.39, 0.29) is 24.4 Å². The zero-order chi connectivity index (χ0) is 15.4. The number of nitrogens with zero attached hydrogens (tertiary/aromatic N) is 1. The van der Waals surface area contributed by atoms with E-state index in [9.17, 15) is 9.59 Å². The molecule has 0 bridgehead atoms. The molecular weight excluding hydrogens is 266 g/mol. The maximum absolute atomic E-state index is 12.2. The molecule has 1 aromatic rings. The highest BCUT2D eigenvalue weighted by Gasteiger charge is 2.28. The van der Waals surface area contributed by atoms with Crippen LogP contribution in [-0.4, -0.2) is 35.8 Å². The quantitative estimate of drug-likeness (QED) is 0.883. The molecular formula is C16H23N3O2. The molecule has 1 heterocycles. The highest BCUT2D eigenvalue weighted by Crippen LogP contribution is 2.18. The Morgan fingerprint density at radius 3 is 2.76 bits per heavy atom. The molecule has 0 spiro atoms. The number of nitrogens with two attached hydrogens (primary N) is 1. The molecule has 0 saturated carbocycles. The smallest absolute Gasteiger partial charge is 0.238 e. The third-order valence-corrected chi connectivity index (χ3v) is 3.94. The minimum atomic E-state index is -0.339. The second kappa shape index (κ2) is 6.72. The van der Waals surface area contributed by atoms with Gasteiger partial charge in [-0.05, 0) is 44.9 Å². The number of aryl methyl sites for hydroxylation is 2. The molecule has 0 aromatic heterocycles. The van der Waals surface area contributed by atoms with E-state index in [0.717, 1.165) is 42.6 Å². The van der Waals surface area contributed by atoms with Crippen molar-refractivity contribution in [3.05, 3.63) is 29.3 Å². The van der Waals surface area contributed by atoms with Gasteiger partial charge in [0.05, 0.1) is 12.6 Å². The molecule has 3 N–H and O–H groups in total. The van der Waals surface area contributed by atoms with Crippen molar-refractivity contribution >= 4 is 17.5 Å². The van der Waals surface area contributed by atoms with Gasteiger partial charge in [0.2, 0.25) is 11.8 Å². The number of hydrogen-bond acceptors (Lipinski definition) is 3. The number of hydrogen-bond donors (Lipinski definition) is 2. The van der Waals surface area contributed by atoms with Gasteiger partial charge in [-0.3, -0.25) is 14.5 Å². The van der Waals surface area contributed by atoms with E-state index >= 15 is 0 Å². The molecule has 0 unspecified atom stereocenters. The second-order valence-corrected chi connectivity index (χ2v) is 5.75. The summed E-state index contributed by atoms with van der Waals surface area (Å²) in [5, 5.41) is 2.91. The van der Waals surface area contributed by atoms with E-state index in [1.54, 1.807) is 0 Å². The first-order valence-electron chi connectivity index (χ1n) is 7.38. The Hall–Kier alpha value is -1.88. The molecule has 2 rings (SSSR count). The first-order chi connectivity index (χ1) is 9.97. The van der Waals surface area contributed by atoms with Gasteiger partial charge >= 0.3 is 0 Å². The third-order valence-electron chi connectivity index (χ3n) is 3.94.